The normalized spacial score (nSPS) is 23.6. The first-order valence-electron chi connectivity index (χ1n) is 2.64. The van der Waals surface area contributed by atoms with Crippen LogP contribution in [-0.4, -0.2) is 11.7 Å². The van der Waals surface area contributed by atoms with Gasteiger partial charge in [0.2, 0.25) is 5.78 Å². The van der Waals surface area contributed by atoms with E-state index in [1.165, 1.54) is 18.4 Å². The van der Waals surface area contributed by atoms with Gasteiger partial charge >= 0.3 is 5.91 Å². The van der Waals surface area contributed by atoms with Gasteiger partial charge in [0.15, 0.2) is 0 Å². The smallest absolute Gasteiger partial charge is 0.324 e. The highest BCUT2D eigenvalue weighted by molar-refractivity contribution is 6.40. The fourth-order valence-corrected chi connectivity index (χ4v) is 0.441. The second-order valence-corrected chi connectivity index (χ2v) is 1.60. The van der Waals surface area contributed by atoms with Crippen LogP contribution in [0.25, 0.3) is 0 Å². The number of rotatable bonds is 0. The van der Waals surface area contributed by atoms with Gasteiger partial charge in [-0.2, -0.15) is 5.48 Å². The number of carbonyl (C=O) groups is 2. The van der Waals surface area contributed by atoms with Crippen LogP contribution >= 0.6 is 0 Å². The molecule has 1 rings (SSSR count). The van der Waals surface area contributed by atoms with E-state index in [2.05, 4.69) is 4.84 Å². The molecule has 0 aromatic heterocycles. The molecule has 0 atom stereocenters. The lowest BCUT2D eigenvalue weighted by Crippen LogP contribution is -2.28. The summed E-state index contributed by atoms with van der Waals surface area (Å²) >= 11 is 0. The second kappa shape index (κ2) is 2.82. The van der Waals surface area contributed by atoms with Gasteiger partial charge in [-0.25, -0.2) is 0 Å². The molecule has 0 aromatic carbocycles. The zero-order chi connectivity index (χ0) is 7.40. The molecule has 1 aliphatic heterocycles. The van der Waals surface area contributed by atoms with Crippen LogP contribution in [0.1, 0.15) is 0 Å². The monoisotopic (exact) mass is 139 g/mol. The second-order valence-electron chi connectivity index (χ2n) is 1.60. The molecule has 0 spiro atoms. The Bertz CT molecular complexity index is 217. The Kier molecular flexibility index (Phi) is 1.84. The number of hydrogen-bond acceptors (Lipinski definition) is 3. The third-order valence-corrected chi connectivity index (χ3v) is 0.881. The summed E-state index contributed by atoms with van der Waals surface area (Å²) in [4.78, 5) is 25.5. The SMILES string of the molecule is O=C1/C=C\C=C/ONC1=O. The predicted octanol–water partition coefficient (Wildman–Crippen LogP) is -0.313. The van der Waals surface area contributed by atoms with E-state index in [4.69, 9.17) is 0 Å². The molecule has 0 radical (unpaired) electrons. The third kappa shape index (κ3) is 1.45. The quantitative estimate of drug-likeness (QED) is 0.468. The van der Waals surface area contributed by atoms with Crippen molar-refractivity contribution in [2.24, 2.45) is 0 Å². The molecule has 1 heterocycles. The minimum Gasteiger partial charge on any atom is -0.387 e. The number of allylic oxidation sites excluding steroid dienone is 2. The summed E-state index contributed by atoms with van der Waals surface area (Å²) in [6.45, 7) is 0. The summed E-state index contributed by atoms with van der Waals surface area (Å²) in [6, 6.07) is 0. The fourth-order valence-electron chi connectivity index (χ4n) is 0.441. The summed E-state index contributed by atoms with van der Waals surface area (Å²) < 4.78 is 0. The van der Waals surface area contributed by atoms with E-state index >= 15 is 0 Å². The summed E-state index contributed by atoms with van der Waals surface area (Å²) in [5, 5.41) is 0. The van der Waals surface area contributed by atoms with E-state index < -0.39 is 11.7 Å². The molecule has 1 N–H and O–H groups in total. The molecule has 0 aliphatic carbocycles. The van der Waals surface area contributed by atoms with Crippen LogP contribution in [0.5, 0.6) is 0 Å². The third-order valence-electron chi connectivity index (χ3n) is 0.881. The molecule has 0 saturated heterocycles. The molecule has 52 valence electrons. The van der Waals surface area contributed by atoms with E-state index in [0.717, 1.165) is 6.08 Å². The molecule has 0 bridgehead atoms. The Morgan fingerprint density at radius 2 is 2.10 bits per heavy atom. The van der Waals surface area contributed by atoms with Gasteiger partial charge in [0.25, 0.3) is 0 Å². The highest BCUT2D eigenvalue weighted by Crippen LogP contribution is 1.85. The zero-order valence-corrected chi connectivity index (χ0v) is 5.03. The first kappa shape index (κ1) is 6.54. The molecule has 4 nitrogen and oxygen atoms in total. The van der Waals surface area contributed by atoms with E-state index in [1.807, 2.05) is 5.48 Å². The zero-order valence-electron chi connectivity index (χ0n) is 5.03. The number of hydrogen-bond donors (Lipinski definition) is 1. The Labute approximate surface area is 57.1 Å². The van der Waals surface area contributed by atoms with Crippen molar-refractivity contribution in [1.82, 2.24) is 5.48 Å². The topological polar surface area (TPSA) is 55.4 Å². The summed E-state index contributed by atoms with van der Waals surface area (Å²) in [5.74, 6) is -1.38. The Hall–Kier alpha value is -1.58. The molecule has 0 saturated carbocycles. The van der Waals surface area contributed by atoms with Crippen molar-refractivity contribution >= 4 is 11.7 Å². The first-order valence-corrected chi connectivity index (χ1v) is 2.64. The van der Waals surface area contributed by atoms with Crippen molar-refractivity contribution < 1.29 is 14.4 Å². The van der Waals surface area contributed by atoms with E-state index in [-0.39, 0.29) is 0 Å². The molecular formula is C6H5NO3. The first-order chi connectivity index (χ1) is 4.80. The average Bonchev–Trinajstić information content (AvgIpc) is 1.92. The maximum atomic E-state index is 10.6. The van der Waals surface area contributed by atoms with Crippen LogP contribution in [0.15, 0.2) is 24.5 Å². The van der Waals surface area contributed by atoms with Crippen LogP contribution in [0.3, 0.4) is 0 Å². The highest BCUT2D eigenvalue weighted by Gasteiger charge is 2.09. The molecule has 1 aliphatic rings. The lowest BCUT2D eigenvalue weighted by Gasteiger charge is -2.00. The molecule has 10 heavy (non-hydrogen) atoms. The Balaban J connectivity index is 2.73. The van der Waals surface area contributed by atoms with E-state index in [0.29, 0.717) is 0 Å². The molecule has 1 amide bonds. The minimum absolute atomic E-state index is 0.621. The van der Waals surface area contributed by atoms with Gasteiger partial charge < -0.3 is 4.84 Å². The average molecular weight is 139 g/mol. The van der Waals surface area contributed by atoms with Crippen LogP contribution in [0, 0.1) is 0 Å². The maximum absolute atomic E-state index is 10.6. The maximum Gasteiger partial charge on any atom is 0.324 e. The fraction of sp³-hybridized carbons (Fsp3) is 0. The lowest BCUT2D eigenvalue weighted by atomic mass is 10.3. The van der Waals surface area contributed by atoms with E-state index in [9.17, 15) is 9.59 Å². The standard InChI is InChI=1S/C6H5NO3/c8-5-3-1-2-4-10-7-6(5)9/h1-4H,(H,7,9)/b3-1-,4-2-. The molecule has 0 fully saturated rings. The van der Waals surface area contributed by atoms with Gasteiger partial charge in [0.05, 0.1) is 0 Å². The summed E-state index contributed by atoms with van der Waals surface area (Å²) in [6.07, 6.45) is 5.35. The highest BCUT2D eigenvalue weighted by atomic mass is 16.6. The van der Waals surface area contributed by atoms with Crippen molar-refractivity contribution in [3.05, 3.63) is 24.5 Å². The predicted molar refractivity (Wildman–Crippen MR) is 32.5 cm³/mol. The van der Waals surface area contributed by atoms with Crippen LogP contribution in [-0.2, 0) is 14.4 Å². The number of hydroxylamine groups is 1. The molecule has 0 aromatic rings. The van der Waals surface area contributed by atoms with Gasteiger partial charge in [0, 0.05) is 0 Å². The van der Waals surface area contributed by atoms with Crippen LogP contribution < -0.4 is 5.48 Å². The number of ketones is 1. The summed E-state index contributed by atoms with van der Waals surface area (Å²) in [5.41, 5.74) is 1.91. The number of amides is 1. The van der Waals surface area contributed by atoms with Gasteiger partial charge in [-0.1, -0.05) is 6.08 Å². The van der Waals surface area contributed by atoms with Gasteiger partial charge in [0.1, 0.15) is 6.26 Å². The molecular weight excluding hydrogens is 134 g/mol. The van der Waals surface area contributed by atoms with Crippen molar-refractivity contribution in [1.29, 1.82) is 0 Å². The van der Waals surface area contributed by atoms with Gasteiger partial charge in [-0.15, -0.1) is 0 Å². The van der Waals surface area contributed by atoms with Crippen molar-refractivity contribution in [2.45, 2.75) is 0 Å². The van der Waals surface area contributed by atoms with Gasteiger partial charge in [-0.3, -0.25) is 9.59 Å². The lowest BCUT2D eigenvalue weighted by molar-refractivity contribution is -0.141. The Morgan fingerprint density at radius 1 is 1.30 bits per heavy atom. The van der Waals surface area contributed by atoms with Crippen molar-refractivity contribution in [3.8, 4) is 0 Å². The van der Waals surface area contributed by atoms with E-state index in [1.54, 1.807) is 0 Å². The molecule has 0 unspecified atom stereocenters. The van der Waals surface area contributed by atoms with Crippen molar-refractivity contribution in [2.75, 3.05) is 0 Å². The molecule has 4 heteroatoms. The van der Waals surface area contributed by atoms with Crippen molar-refractivity contribution in [3.63, 3.8) is 0 Å². The van der Waals surface area contributed by atoms with Crippen LogP contribution in [0.4, 0.5) is 0 Å². The summed E-state index contributed by atoms with van der Waals surface area (Å²) in [7, 11) is 0. The number of carbonyl (C=O) groups excluding carboxylic acids is 2. The van der Waals surface area contributed by atoms with Gasteiger partial charge in [-0.05, 0) is 12.2 Å². The largest absolute Gasteiger partial charge is 0.387 e. The number of nitrogens with one attached hydrogen (secondary N) is 1. The Morgan fingerprint density at radius 3 is 2.90 bits per heavy atom. The minimum atomic E-state index is -0.763. The van der Waals surface area contributed by atoms with Crippen LogP contribution in [0.2, 0.25) is 0 Å².